The number of hydrogen-bond donors (Lipinski definition) is 1. The van der Waals surface area contributed by atoms with E-state index in [0.29, 0.717) is 6.04 Å². The molecule has 0 radical (unpaired) electrons. The van der Waals surface area contributed by atoms with Crippen molar-refractivity contribution in [1.29, 1.82) is 0 Å². The van der Waals surface area contributed by atoms with Crippen LogP contribution in [-0.4, -0.2) is 11.0 Å². The number of benzene rings is 1. The monoisotopic (exact) mass is 240 g/mol. The summed E-state index contributed by atoms with van der Waals surface area (Å²) < 4.78 is 0. The molecule has 0 bridgehead atoms. The number of aromatic nitrogens is 1. The number of hydrogen-bond acceptors (Lipinski definition) is 2. The molecule has 1 aliphatic rings. The zero-order valence-corrected chi connectivity index (χ0v) is 10.9. The lowest BCUT2D eigenvalue weighted by molar-refractivity contribution is 0.525. The van der Waals surface area contributed by atoms with Gasteiger partial charge in [-0.2, -0.15) is 0 Å². The van der Waals surface area contributed by atoms with E-state index in [1.807, 2.05) is 12.4 Å². The Morgan fingerprint density at radius 3 is 3.06 bits per heavy atom. The summed E-state index contributed by atoms with van der Waals surface area (Å²) in [4.78, 5) is 4.24. The number of nitrogens with one attached hydrogen (secondary N) is 1. The molecule has 2 atom stereocenters. The van der Waals surface area contributed by atoms with Crippen molar-refractivity contribution in [2.75, 3.05) is 5.32 Å². The lowest BCUT2D eigenvalue weighted by atomic mass is 10.1. The molecule has 2 nitrogen and oxygen atoms in total. The second-order valence-corrected chi connectivity index (χ2v) is 5.33. The lowest BCUT2D eigenvalue weighted by Crippen LogP contribution is -2.15. The first kappa shape index (κ1) is 11.5. The molecule has 2 unspecified atom stereocenters. The average molecular weight is 240 g/mol. The molecule has 2 aromatic rings. The molecule has 1 saturated carbocycles. The Balaban J connectivity index is 1.83. The molecule has 0 spiro atoms. The highest BCUT2D eigenvalue weighted by molar-refractivity contribution is 5.93. The minimum absolute atomic E-state index is 0.640. The van der Waals surface area contributed by atoms with Crippen LogP contribution in [0.25, 0.3) is 10.8 Å². The van der Waals surface area contributed by atoms with Gasteiger partial charge in [0.2, 0.25) is 0 Å². The molecule has 94 valence electrons. The Hall–Kier alpha value is -1.57. The van der Waals surface area contributed by atoms with Crippen molar-refractivity contribution in [3.63, 3.8) is 0 Å². The summed E-state index contributed by atoms with van der Waals surface area (Å²) in [5.41, 5.74) is 1.24. The molecule has 1 aromatic heterocycles. The number of anilines is 1. The van der Waals surface area contributed by atoms with Gasteiger partial charge >= 0.3 is 0 Å². The molecule has 1 N–H and O–H groups in total. The standard InChI is InChI=1S/C16H20N2/c1-2-12-6-7-14(10-12)18-16-5-3-4-13-8-9-17-11-15(13)16/h3-5,8-9,11-12,14,18H,2,6-7,10H2,1H3. The summed E-state index contributed by atoms with van der Waals surface area (Å²) in [5.74, 6) is 0.913. The SMILES string of the molecule is CCC1CCC(Nc2cccc3ccncc23)C1. The van der Waals surface area contributed by atoms with Gasteiger partial charge in [0.25, 0.3) is 0 Å². The summed E-state index contributed by atoms with van der Waals surface area (Å²) >= 11 is 0. The van der Waals surface area contributed by atoms with Crippen molar-refractivity contribution < 1.29 is 0 Å². The van der Waals surface area contributed by atoms with Gasteiger partial charge in [-0.1, -0.05) is 25.5 Å². The fourth-order valence-electron chi connectivity index (χ4n) is 3.04. The Kier molecular flexibility index (Phi) is 3.18. The largest absolute Gasteiger partial charge is 0.382 e. The van der Waals surface area contributed by atoms with Crippen LogP contribution in [0.2, 0.25) is 0 Å². The molecule has 18 heavy (non-hydrogen) atoms. The summed E-state index contributed by atoms with van der Waals surface area (Å²) in [6.07, 6.45) is 9.12. The Morgan fingerprint density at radius 2 is 2.22 bits per heavy atom. The van der Waals surface area contributed by atoms with E-state index in [0.717, 1.165) is 5.92 Å². The fourth-order valence-corrected chi connectivity index (χ4v) is 3.04. The molecular formula is C16H20N2. The van der Waals surface area contributed by atoms with E-state index in [1.165, 1.54) is 42.1 Å². The molecule has 0 saturated heterocycles. The zero-order valence-electron chi connectivity index (χ0n) is 10.9. The highest BCUT2D eigenvalue weighted by Gasteiger charge is 2.23. The molecule has 1 heterocycles. The van der Waals surface area contributed by atoms with E-state index >= 15 is 0 Å². The maximum absolute atomic E-state index is 4.24. The smallest absolute Gasteiger partial charge is 0.0437 e. The first-order valence-electron chi connectivity index (χ1n) is 6.96. The molecular weight excluding hydrogens is 220 g/mol. The summed E-state index contributed by atoms with van der Waals surface area (Å²) in [7, 11) is 0. The Bertz CT molecular complexity index is 530. The fraction of sp³-hybridized carbons (Fsp3) is 0.438. The van der Waals surface area contributed by atoms with E-state index < -0.39 is 0 Å². The molecule has 2 heteroatoms. The van der Waals surface area contributed by atoms with Gasteiger partial charge in [0.05, 0.1) is 0 Å². The first-order chi connectivity index (χ1) is 8.86. The maximum Gasteiger partial charge on any atom is 0.0437 e. The zero-order chi connectivity index (χ0) is 12.4. The molecule has 1 aromatic carbocycles. The third-order valence-corrected chi connectivity index (χ3v) is 4.16. The maximum atomic E-state index is 4.24. The van der Waals surface area contributed by atoms with Crippen molar-refractivity contribution in [1.82, 2.24) is 4.98 Å². The molecule has 1 aliphatic carbocycles. The topological polar surface area (TPSA) is 24.9 Å². The third-order valence-electron chi connectivity index (χ3n) is 4.16. The van der Waals surface area contributed by atoms with Gasteiger partial charge < -0.3 is 5.32 Å². The van der Waals surface area contributed by atoms with Crippen LogP contribution in [0.4, 0.5) is 5.69 Å². The van der Waals surface area contributed by atoms with Crippen molar-refractivity contribution >= 4 is 16.5 Å². The van der Waals surface area contributed by atoms with Crippen LogP contribution in [0, 0.1) is 5.92 Å². The van der Waals surface area contributed by atoms with Crippen LogP contribution < -0.4 is 5.32 Å². The van der Waals surface area contributed by atoms with E-state index in [2.05, 4.69) is 41.5 Å². The van der Waals surface area contributed by atoms with Gasteiger partial charge in [0.15, 0.2) is 0 Å². The Labute approximate surface area is 108 Å². The highest BCUT2D eigenvalue weighted by atomic mass is 14.9. The molecule has 0 aliphatic heterocycles. The molecule has 0 amide bonds. The van der Waals surface area contributed by atoms with Gasteiger partial charge in [-0.3, -0.25) is 4.98 Å². The second kappa shape index (κ2) is 4.97. The summed E-state index contributed by atoms with van der Waals surface area (Å²) in [6.45, 7) is 2.30. The van der Waals surface area contributed by atoms with Gasteiger partial charge in [0, 0.05) is 29.5 Å². The second-order valence-electron chi connectivity index (χ2n) is 5.33. The van der Waals surface area contributed by atoms with Gasteiger partial charge in [-0.05, 0) is 42.7 Å². The number of nitrogens with zero attached hydrogens (tertiary/aromatic N) is 1. The van der Waals surface area contributed by atoms with Gasteiger partial charge in [-0.25, -0.2) is 0 Å². The average Bonchev–Trinajstić information content (AvgIpc) is 2.87. The van der Waals surface area contributed by atoms with Crippen LogP contribution in [0.5, 0.6) is 0 Å². The van der Waals surface area contributed by atoms with Crippen molar-refractivity contribution in [2.45, 2.75) is 38.6 Å². The Morgan fingerprint density at radius 1 is 1.28 bits per heavy atom. The lowest BCUT2D eigenvalue weighted by Gasteiger charge is -2.16. The van der Waals surface area contributed by atoms with Gasteiger partial charge in [-0.15, -0.1) is 0 Å². The third kappa shape index (κ3) is 2.20. The van der Waals surface area contributed by atoms with Crippen LogP contribution in [0.1, 0.15) is 32.6 Å². The van der Waals surface area contributed by atoms with Crippen LogP contribution in [0.3, 0.4) is 0 Å². The van der Waals surface area contributed by atoms with Gasteiger partial charge in [0.1, 0.15) is 0 Å². The minimum atomic E-state index is 0.640. The van der Waals surface area contributed by atoms with Crippen LogP contribution >= 0.6 is 0 Å². The summed E-state index contributed by atoms with van der Waals surface area (Å²) in [5, 5.41) is 6.21. The van der Waals surface area contributed by atoms with E-state index in [4.69, 9.17) is 0 Å². The van der Waals surface area contributed by atoms with Crippen molar-refractivity contribution in [3.8, 4) is 0 Å². The van der Waals surface area contributed by atoms with Crippen LogP contribution in [0.15, 0.2) is 36.7 Å². The first-order valence-corrected chi connectivity index (χ1v) is 6.96. The van der Waals surface area contributed by atoms with E-state index in [-0.39, 0.29) is 0 Å². The predicted molar refractivity (Wildman–Crippen MR) is 76.8 cm³/mol. The summed E-state index contributed by atoms with van der Waals surface area (Å²) in [6, 6.07) is 9.15. The van der Waals surface area contributed by atoms with E-state index in [9.17, 15) is 0 Å². The number of rotatable bonds is 3. The van der Waals surface area contributed by atoms with E-state index in [1.54, 1.807) is 0 Å². The predicted octanol–water partition coefficient (Wildman–Crippen LogP) is 4.23. The molecule has 1 fully saturated rings. The number of pyridine rings is 1. The highest BCUT2D eigenvalue weighted by Crippen LogP contribution is 2.31. The minimum Gasteiger partial charge on any atom is -0.382 e. The molecule has 3 rings (SSSR count). The number of fused-ring (bicyclic) bond motifs is 1. The van der Waals surface area contributed by atoms with Crippen molar-refractivity contribution in [2.24, 2.45) is 5.92 Å². The van der Waals surface area contributed by atoms with Crippen LogP contribution in [-0.2, 0) is 0 Å². The van der Waals surface area contributed by atoms with Crippen molar-refractivity contribution in [3.05, 3.63) is 36.7 Å². The quantitative estimate of drug-likeness (QED) is 0.868. The normalized spacial score (nSPS) is 23.4.